The summed E-state index contributed by atoms with van der Waals surface area (Å²) in [4.78, 5) is 30.3. The normalized spacial score (nSPS) is 10.8. The minimum Gasteiger partial charge on any atom is -0.569 e. The molecule has 0 aromatic carbocycles. The van der Waals surface area contributed by atoms with Crippen molar-refractivity contribution >= 4 is 17.1 Å². The van der Waals surface area contributed by atoms with Gasteiger partial charge in [0.05, 0.1) is 0 Å². The van der Waals surface area contributed by atoms with Crippen LogP contribution < -0.4 is 5.63 Å². The van der Waals surface area contributed by atoms with E-state index in [-0.39, 0.29) is 56.4 Å². The van der Waals surface area contributed by atoms with Gasteiger partial charge in [-0.15, -0.1) is 17.4 Å². The van der Waals surface area contributed by atoms with Crippen LogP contribution in [0.3, 0.4) is 0 Å². The number of aryl methyl sites for hydroxylation is 3. The van der Waals surface area contributed by atoms with E-state index in [0.29, 0.717) is 18.6 Å². The maximum absolute atomic E-state index is 11.8. The topological polar surface area (TPSA) is 90.8 Å². The van der Waals surface area contributed by atoms with Crippen molar-refractivity contribution in [1.82, 2.24) is 0 Å². The van der Waals surface area contributed by atoms with Crippen molar-refractivity contribution < 1.29 is 65.0 Å². The third-order valence-corrected chi connectivity index (χ3v) is 5.56. The summed E-state index contributed by atoms with van der Waals surface area (Å²) in [6.45, 7) is 9.27. The molecule has 0 saturated heterocycles. The Labute approximate surface area is 246 Å². The Hall–Kier alpha value is -1.49. The van der Waals surface area contributed by atoms with Gasteiger partial charge in [0.25, 0.3) is 0 Å². The maximum Gasteiger partial charge on any atom is 0.389 e. The number of carbonyl (C=O) groups is 1. The van der Waals surface area contributed by atoms with E-state index in [1.807, 2.05) is 39.0 Å². The number of nitrogens with zero attached hydrogens (tertiary/aromatic N) is 1. The van der Waals surface area contributed by atoms with Gasteiger partial charge < -0.3 is 19.8 Å². The van der Waals surface area contributed by atoms with Crippen molar-refractivity contribution in [3.05, 3.63) is 67.5 Å². The van der Waals surface area contributed by atoms with Gasteiger partial charge >= 0.3 is 11.8 Å². The number of thiophene rings is 1. The number of carbonyl (C=O) groups excluding carboxylic acids is 1. The van der Waals surface area contributed by atoms with Gasteiger partial charge in [0.15, 0.2) is 5.78 Å². The minimum absolute atomic E-state index is 0. The first kappa shape index (κ1) is 37.7. The molecule has 0 amide bonds. The smallest absolute Gasteiger partial charge is 0.389 e. The van der Waals surface area contributed by atoms with Crippen LogP contribution in [-0.2, 0) is 50.4 Å². The first-order valence-electron chi connectivity index (χ1n) is 11.8. The summed E-state index contributed by atoms with van der Waals surface area (Å²) in [5.41, 5.74) is 2.51. The largest absolute Gasteiger partial charge is 0.569 e. The van der Waals surface area contributed by atoms with Gasteiger partial charge in [-0.1, -0.05) is 27.7 Å². The summed E-state index contributed by atoms with van der Waals surface area (Å²) in [6, 6.07) is 5.17. The molecular formula is C26H37F3NO5SY-. The zero-order valence-corrected chi connectivity index (χ0v) is 26.0. The van der Waals surface area contributed by atoms with Crippen LogP contribution in [-0.4, -0.2) is 24.2 Å². The monoisotopic (exact) mass is 621 g/mol. The van der Waals surface area contributed by atoms with E-state index in [2.05, 4.69) is 10.3 Å². The molecule has 37 heavy (non-hydrogen) atoms. The summed E-state index contributed by atoms with van der Waals surface area (Å²) in [7, 11) is 1.46. The van der Waals surface area contributed by atoms with Crippen molar-refractivity contribution in [2.24, 2.45) is 5.92 Å². The number of Topliss-reactive ketones (excluding diaryl/α,β-unsaturated/α-hetero) is 1. The molecule has 2 aromatic rings. The molecule has 0 saturated carbocycles. The van der Waals surface area contributed by atoms with Crippen LogP contribution in [0.1, 0.15) is 79.3 Å². The van der Waals surface area contributed by atoms with Crippen molar-refractivity contribution in [2.45, 2.75) is 79.3 Å². The van der Waals surface area contributed by atoms with Gasteiger partial charge in [-0.2, -0.15) is 19.4 Å². The average Bonchev–Trinajstić information content (AvgIpc) is 3.21. The number of ketones is 1. The van der Waals surface area contributed by atoms with Crippen LogP contribution >= 0.6 is 11.3 Å². The number of hydrogen-bond acceptors (Lipinski definition) is 6. The minimum atomic E-state index is -4.01. The predicted molar refractivity (Wildman–Crippen MR) is 138 cm³/mol. The third kappa shape index (κ3) is 16.9. The summed E-state index contributed by atoms with van der Waals surface area (Å²) in [5.74, 6) is -0.754. The number of unbranched alkanes of at least 4 members (excludes halogenated alkanes) is 1. The SMILES string of the molecule is CC.CO[N-]/C=C/CCCc1cc(O)c(C(=O)C(C)C)c(=O)o1.Cc1ccc(CCCC(F)(F)F)s1.[Y]. The van der Waals surface area contributed by atoms with Crippen LogP contribution in [0.15, 0.2) is 39.7 Å². The average molecular weight is 622 g/mol. The molecule has 0 spiro atoms. The summed E-state index contributed by atoms with van der Waals surface area (Å²) in [6.07, 6.45) is 1.34. The van der Waals surface area contributed by atoms with E-state index >= 15 is 0 Å². The second-order valence-corrected chi connectivity index (χ2v) is 9.20. The summed E-state index contributed by atoms with van der Waals surface area (Å²) in [5, 5.41) is 9.84. The molecule has 0 atom stereocenters. The van der Waals surface area contributed by atoms with Gasteiger partial charge in [0, 0.05) is 74.4 Å². The second kappa shape index (κ2) is 20.5. The number of hydroxylamine groups is 1. The molecule has 11 heteroatoms. The predicted octanol–water partition coefficient (Wildman–Crippen LogP) is 7.92. The van der Waals surface area contributed by atoms with E-state index < -0.39 is 24.0 Å². The van der Waals surface area contributed by atoms with Crippen LogP contribution in [0.25, 0.3) is 5.48 Å². The standard InChI is InChI=1S/C15H20NO5.C9H11F3S.C2H6.Y/c1-10(2)14(18)13-12(17)9-11(21-15(13)19)7-5-4-6-8-16-20-3;1-7-4-5-8(13-7)3-2-6-9(10,11)12;1-2;/h6,8-10H,4-5,7H2,1-3H3,(H,17,18,19);4-5H,2-3,6H2,1H3;1-2H3;/q-1;;;/b8-6+;;;. The molecule has 2 rings (SSSR count). The van der Waals surface area contributed by atoms with Crippen LogP contribution in [0.4, 0.5) is 13.2 Å². The number of hydrogen-bond donors (Lipinski definition) is 1. The van der Waals surface area contributed by atoms with Gasteiger partial charge in [0.2, 0.25) is 0 Å². The number of allylic oxidation sites excluding steroid dienone is 1. The Bertz CT molecular complexity index is 987. The Morgan fingerprint density at radius 1 is 1.22 bits per heavy atom. The third-order valence-electron chi connectivity index (χ3n) is 4.50. The molecule has 0 unspecified atom stereocenters. The first-order valence-corrected chi connectivity index (χ1v) is 12.7. The van der Waals surface area contributed by atoms with Gasteiger partial charge in [-0.3, -0.25) is 4.79 Å². The van der Waals surface area contributed by atoms with E-state index in [1.165, 1.54) is 19.4 Å². The Morgan fingerprint density at radius 2 is 1.86 bits per heavy atom. The Balaban J connectivity index is 0. The van der Waals surface area contributed by atoms with Crippen molar-refractivity contribution in [3.63, 3.8) is 0 Å². The zero-order valence-electron chi connectivity index (χ0n) is 22.4. The summed E-state index contributed by atoms with van der Waals surface area (Å²) < 4.78 is 40.4. The van der Waals surface area contributed by atoms with Gasteiger partial charge in [-0.25, -0.2) is 4.79 Å². The fourth-order valence-electron chi connectivity index (χ4n) is 2.82. The number of aromatic hydroxyl groups is 1. The van der Waals surface area contributed by atoms with Crippen molar-refractivity contribution in [3.8, 4) is 5.75 Å². The fraction of sp³-hybridized carbons (Fsp3) is 0.538. The number of halogens is 3. The molecule has 0 aliphatic carbocycles. The van der Waals surface area contributed by atoms with Crippen LogP contribution in [0.2, 0.25) is 0 Å². The molecule has 207 valence electrons. The maximum atomic E-state index is 11.8. The Kier molecular flexibility index (Phi) is 20.8. The van der Waals surface area contributed by atoms with E-state index in [9.17, 15) is 27.9 Å². The van der Waals surface area contributed by atoms with Crippen molar-refractivity contribution in [2.75, 3.05) is 7.11 Å². The van der Waals surface area contributed by atoms with Gasteiger partial charge in [-0.05, 0) is 44.7 Å². The molecule has 1 N–H and O–H groups in total. The number of alkyl halides is 3. The van der Waals surface area contributed by atoms with Crippen LogP contribution in [0.5, 0.6) is 5.75 Å². The van der Waals surface area contributed by atoms with Crippen molar-refractivity contribution in [1.29, 1.82) is 0 Å². The molecule has 6 nitrogen and oxygen atoms in total. The molecule has 0 aliphatic heterocycles. The molecule has 2 aromatic heterocycles. The molecule has 1 radical (unpaired) electrons. The molecule has 0 bridgehead atoms. The number of rotatable bonds is 11. The molecule has 0 aliphatic rings. The molecule has 0 fully saturated rings. The first-order chi connectivity index (χ1) is 16.9. The van der Waals surface area contributed by atoms with E-state index in [4.69, 9.17) is 4.42 Å². The van der Waals surface area contributed by atoms with E-state index in [0.717, 1.165) is 22.6 Å². The zero-order chi connectivity index (χ0) is 27.7. The van der Waals surface area contributed by atoms with Gasteiger partial charge in [0.1, 0.15) is 17.1 Å². The Morgan fingerprint density at radius 3 is 2.35 bits per heavy atom. The second-order valence-electron chi connectivity index (χ2n) is 7.83. The van der Waals surface area contributed by atoms with Crippen LogP contribution in [0, 0.1) is 12.8 Å². The fourth-order valence-corrected chi connectivity index (χ4v) is 3.75. The summed E-state index contributed by atoms with van der Waals surface area (Å²) >= 11 is 1.57. The molecule has 2 heterocycles. The quantitative estimate of drug-likeness (QED) is 0.156. The van der Waals surface area contributed by atoms with E-state index in [1.54, 1.807) is 25.2 Å². The molecular weight excluding hydrogens is 584 g/mol.